The molecule has 0 aliphatic carbocycles. The van der Waals surface area contributed by atoms with Gasteiger partial charge in [-0.05, 0) is 57.5 Å². The molecule has 0 saturated heterocycles. The summed E-state index contributed by atoms with van der Waals surface area (Å²) in [4.78, 5) is 11.4. The number of hydrogen-bond acceptors (Lipinski definition) is 3. The van der Waals surface area contributed by atoms with Crippen LogP contribution in [-0.2, 0) is 4.79 Å². The Balaban J connectivity index is 2.72. The third-order valence-electron chi connectivity index (χ3n) is 3.55. The molecule has 0 spiro atoms. The fraction of sp³-hybridized carbons (Fsp3) is 0.562. The van der Waals surface area contributed by atoms with Crippen molar-refractivity contribution in [3.05, 3.63) is 29.3 Å². The summed E-state index contributed by atoms with van der Waals surface area (Å²) in [6.07, 6.45) is 0.223. The van der Waals surface area contributed by atoms with E-state index < -0.39 is 11.5 Å². The lowest BCUT2D eigenvalue weighted by molar-refractivity contribution is -0.145. The largest absolute Gasteiger partial charge is 0.491 e. The van der Waals surface area contributed by atoms with E-state index in [0.29, 0.717) is 13.0 Å². The van der Waals surface area contributed by atoms with Crippen LogP contribution in [0.5, 0.6) is 5.75 Å². The van der Waals surface area contributed by atoms with Gasteiger partial charge in [0.15, 0.2) is 0 Å². The first-order valence-electron chi connectivity index (χ1n) is 7.01. The Labute approximate surface area is 121 Å². The molecule has 1 aromatic rings. The number of aryl methyl sites for hydroxylation is 2. The molecule has 0 aromatic heterocycles. The molecule has 2 atom stereocenters. The maximum absolute atomic E-state index is 11.4. The minimum atomic E-state index is -0.964. The minimum Gasteiger partial charge on any atom is -0.491 e. The molecule has 2 unspecified atom stereocenters. The number of aliphatic carboxylic acids is 1. The van der Waals surface area contributed by atoms with Crippen LogP contribution in [0.3, 0.4) is 0 Å². The fourth-order valence-electron chi connectivity index (χ4n) is 2.26. The quantitative estimate of drug-likeness (QED) is 0.805. The van der Waals surface area contributed by atoms with Gasteiger partial charge >= 0.3 is 5.97 Å². The number of benzene rings is 1. The van der Waals surface area contributed by atoms with E-state index in [1.54, 1.807) is 6.92 Å². The number of carbonyl (C=O) groups is 1. The second kappa shape index (κ2) is 6.75. The summed E-state index contributed by atoms with van der Waals surface area (Å²) in [5.41, 5.74) is 1.42. The van der Waals surface area contributed by atoms with Crippen molar-refractivity contribution in [1.29, 1.82) is 0 Å². The lowest BCUT2D eigenvalue weighted by Crippen LogP contribution is -2.51. The van der Waals surface area contributed by atoms with Crippen molar-refractivity contribution in [3.8, 4) is 5.75 Å². The number of likely N-dealkylation sites (N-methyl/N-ethyl adjacent to an activating group) is 1. The molecule has 112 valence electrons. The van der Waals surface area contributed by atoms with Crippen LogP contribution in [0.4, 0.5) is 0 Å². The van der Waals surface area contributed by atoms with Gasteiger partial charge in [-0.1, -0.05) is 13.0 Å². The molecule has 0 aliphatic heterocycles. The van der Waals surface area contributed by atoms with Crippen molar-refractivity contribution in [2.75, 3.05) is 6.54 Å². The zero-order chi connectivity index (χ0) is 15.3. The Hall–Kier alpha value is -1.55. The Morgan fingerprint density at radius 2 is 2.05 bits per heavy atom. The Morgan fingerprint density at radius 1 is 1.40 bits per heavy atom. The number of rotatable bonds is 7. The molecule has 0 saturated carbocycles. The highest BCUT2D eigenvalue weighted by atomic mass is 16.5. The van der Waals surface area contributed by atoms with Gasteiger partial charge in [-0.2, -0.15) is 0 Å². The molecular formula is C16H25NO3. The summed E-state index contributed by atoms with van der Waals surface area (Å²) in [7, 11) is 0. The fourth-order valence-corrected chi connectivity index (χ4v) is 2.26. The molecule has 1 rings (SSSR count). The molecule has 4 heteroatoms. The number of carboxylic acid groups (broad SMARTS) is 1. The van der Waals surface area contributed by atoms with Crippen LogP contribution >= 0.6 is 0 Å². The minimum absolute atomic E-state index is 0.183. The van der Waals surface area contributed by atoms with E-state index in [9.17, 15) is 9.90 Å². The van der Waals surface area contributed by atoms with Crippen molar-refractivity contribution in [3.63, 3.8) is 0 Å². The van der Waals surface area contributed by atoms with Gasteiger partial charge in [0.05, 0.1) is 6.10 Å². The van der Waals surface area contributed by atoms with E-state index in [-0.39, 0.29) is 6.10 Å². The number of carboxylic acids is 1. The highest BCUT2D eigenvalue weighted by molar-refractivity contribution is 5.78. The topological polar surface area (TPSA) is 58.6 Å². The second-order valence-corrected chi connectivity index (χ2v) is 5.55. The van der Waals surface area contributed by atoms with Crippen LogP contribution in [0.25, 0.3) is 0 Å². The van der Waals surface area contributed by atoms with Crippen LogP contribution in [0.1, 0.15) is 38.3 Å². The maximum atomic E-state index is 11.4. The highest BCUT2D eigenvalue weighted by Crippen LogP contribution is 2.21. The van der Waals surface area contributed by atoms with Crippen molar-refractivity contribution in [2.45, 2.75) is 52.7 Å². The molecule has 0 fully saturated rings. The Morgan fingerprint density at radius 3 is 2.55 bits per heavy atom. The van der Waals surface area contributed by atoms with Gasteiger partial charge in [0.2, 0.25) is 0 Å². The number of ether oxygens (including phenoxy) is 1. The van der Waals surface area contributed by atoms with E-state index >= 15 is 0 Å². The van der Waals surface area contributed by atoms with Crippen LogP contribution < -0.4 is 10.1 Å². The summed E-state index contributed by atoms with van der Waals surface area (Å²) >= 11 is 0. The molecule has 0 amide bonds. The van der Waals surface area contributed by atoms with Gasteiger partial charge in [-0.25, -0.2) is 0 Å². The van der Waals surface area contributed by atoms with E-state index in [4.69, 9.17) is 4.74 Å². The SMILES string of the molecule is CCNC(C)(CC(C)Oc1ccc(C)c(C)c1)C(=O)O. The van der Waals surface area contributed by atoms with Crippen LogP contribution in [0.2, 0.25) is 0 Å². The first kappa shape index (κ1) is 16.5. The van der Waals surface area contributed by atoms with Crippen molar-refractivity contribution in [2.24, 2.45) is 0 Å². The standard InChI is InChI=1S/C16H25NO3/c1-6-17-16(5,15(18)19)10-13(4)20-14-8-7-11(2)12(3)9-14/h7-9,13,17H,6,10H2,1-5H3,(H,18,19). The van der Waals surface area contributed by atoms with Crippen molar-refractivity contribution < 1.29 is 14.6 Å². The molecule has 20 heavy (non-hydrogen) atoms. The summed E-state index contributed by atoms with van der Waals surface area (Å²) in [6.45, 7) is 10.2. The summed E-state index contributed by atoms with van der Waals surface area (Å²) in [5, 5.41) is 12.4. The molecular weight excluding hydrogens is 254 g/mol. The first-order valence-corrected chi connectivity index (χ1v) is 7.01. The summed E-state index contributed by atoms with van der Waals surface area (Å²) in [6, 6.07) is 5.92. The average molecular weight is 279 g/mol. The summed E-state index contributed by atoms with van der Waals surface area (Å²) < 4.78 is 5.84. The van der Waals surface area contributed by atoms with E-state index in [1.807, 2.05) is 39.0 Å². The highest BCUT2D eigenvalue weighted by Gasteiger charge is 2.34. The number of nitrogens with one attached hydrogen (secondary N) is 1. The second-order valence-electron chi connectivity index (χ2n) is 5.55. The van der Waals surface area contributed by atoms with Gasteiger partial charge in [-0.15, -0.1) is 0 Å². The zero-order valence-electron chi connectivity index (χ0n) is 13.0. The molecule has 0 radical (unpaired) electrons. The smallest absolute Gasteiger partial charge is 0.323 e. The summed E-state index contributed by atoms with van der Waals surface area (Å²) in [5.74, 6) is -0.0697. The van der Waals surface area contributed by atoms with Gasteiger partial charge < -0.3 is 15.2 Å². The molecule has 0 aliphatic rings. The average Bonchev–Trinajstić information content (AvgIpc) is 2.33. The van der Waals surface area contributed by atoms with E-state index in [2.05, 4.69) is 12.2 Å². The predicted molar refractivity (Wildman–Crippen MR) is 80.3 cm³/mol. The third kappa shape index (κ3) is 4.23. The van der Waals surface area contributed by atoms with E-state index in [0.717, 1.165) is 5.75 Å². The third-order valence-corrected chi connectivity index (χ3v) is 3.55. The predicted octanol–water partition coefficient (Wildman–Crippen LogP) is 2.91. The van der Waals surface area contributed by atoms with Crippen molar-refractivity contribution in [1.82, 2.24) is 5.32 Å². The molecule has 1 aromatic carbocycles. The molecule has 4 nitrogen and oxygen atoms in total. The van der Waals surface area contributed by atoms with Crippen molar-refractivity contribution >= 4 is 5.97 Å². The van der Waals surface area contributed by atoms with Gasteiger partial charge in [-0.3, -0.25) is 4.79 Å². The van der Waals surface area contributed by atoms with Crippen LogP contribution in [0.15, 0.2) is 18.2 Å². The van der Waals surface area contributed by atoms with Gasteiger partial charge in [0, 0.05) is 6.42 Å². The monoisotopic (exact) mass is 279 g/mol. The zero-order valence-corrected chi connectivity index (χ0v) is 13.0. The lowest BCUT2D eigenvalue weighted by Gasteiger charge is -2.29. The first-order chi connectivity index (χ1) is 9.28. The molecule has 0 bridgehead atoms. The lowest BCUT2D eigenvalue weighted by atomic mass is 9.95. The van der Waals surface area contributed by atoms with Gasteiger partial charge in [0.25, 0.3) is 0 Å². The normalized spacial score (nSPS) is 15.4. The van der Waals surface area contributed by atoms with Crippen LogP contribution in [0, 0.1) is 13.8 Å². The van der Waals surface area contributed by atoms with Crippen LogP contribution in [-0.4, -0.2) is 29.3 Å². The van der Waals surface area contributed by atoms with E-state index in [1.165, 1.54) is 11.1 Å². The number of hydrogen-bond donors (Lipinski definition) is 2. The molecule has 2 N–H and O–H groups in total. The maximum Gasteiger partial charge on any atom is 0.323 e. The Kier molecular flexibility index (Phi) is 5.57. The van der Waals surface area contributed by atoms with Gasteiger partial charge in [0.1, 0.15) is 11.3 Å². The molecule has 0 heterocycles. The Bertz CT molecular complexity index is 473.